The number of esters is 1. The lowest BCUT2D eigenvalue weighted by atomic mass is 10.2. The van der Waals surface area contributed by atoms with Crippen LogP contribution in [0.2, 0.25) is 0 Å². The molecule has 0 aliphatic heterocycles. The highest BCUT2D eigenvalue weighted by Crippen LogP contribution is 2.25. The standard InChI is InChI=1S/C17H13NO4S/c19-13-6-7-14(15(20)8-13)17(21)22-9-12-10-23-16(18-12)11-4-2-1-3-5-11/h1-8,10,19-20H,9H2. The molecule has 0 fully saturated rings. The predicted molar refractivity (Wildman–Crippen MR) is 86.4 cm³/mol. The second kappa shape index (κ2) is 6.50. The van der Waals surface area contributed by atoms with E-state index in [4.69, 9.17) is 4.74 Å². The lowest BCUT2D eigenvalue weighted by Gasteiger charge is -2.05. The van der Waals surface area contributed by atoms with Gasteiger partial charge in [0.15, 0.2) is 0 Å². The third-order valence-electron chi connectivity index (χ3n) is 3.12. The molecule has 3 rings (SSSR count). The van der Waals surface area contributed by atoms with Crippen molar-refractivity contribution >= 4 is 17.3 Å². The molecular weight excluding hydrogens is 314 g/mol. The van der Waals surface area contributed by atoms with Crippen molar-refractivity contribution < 1.29 is 19.7 Å². The van der Waals surface area contributed by atoms with Crippen LogP contribution in [0.4, 0.5) is 0 Å². The molecule has 0 amide bonds. The average Bonchev–Trinajstić information content (AvgIpc) is 3.02. The second-order valence-corrected chi connectivity index (χ2v) is 5.65. The Labute approximate surface area is 136 Å². The predicted octanol–water partition coefficient (Wildman–Crippen LogP) is 3.58. The van der Waals surface area contributed by atoms with Gasteiger partial charge in [-0.25, -0.2) is 9.78 Å². The molecule has 0 aliphatic carbocycles. The van der Waals surface area contributed by atoms with E-state index in [2.05, 4.69) is 4.98 Å². The van der Waals surface area contributed by atoms with E-state index in [0.717, 1.165) is 16.6 Å². The number of aromatic nitrogens is 1. The Bertz CT molecular complexity index is 830. The number of hydrogen-bond donors (Lipinski definition) is 2. The van der Waals surface area contributed by atoms with Crippen molar-refractivity contribution in [1.82, 2.24) is 4.98 Å². The maximum absolute atomic E-state index is 11.9. The zero-order chi connectivity index (χ0) is 16.2. The molecule has 0 atom stereocenters. The minimum Gasteiger partial charge on any atom is -0.508 e. The molecule has 2 aromatic carbocycles. The van der Waals surface area contributed by atoms with Crippen LogP contribution < -0.4 is 0 Å². The molecule has 0 saturated carbocycles. The molecular formula is C17H13NO4S. The van der Waals surface area contributed by atoms with Gasteiger partial charge < -0.3 is 14.9 Å². The summed E-state index contributed by atoms with van der Waals surface area (Å²) < 4.78 is 5.15. The molecule has 1 heterocycles. The second-order valence-electron chi connectivity index (χ2n) is 4.79. The SMILES string of the molecule is O=C(OCc1csc(-c2ccccc2)n1)c1ccc(O)cc1O. The number of thiazole rings is 1. The Hall–Kier alpha value is -2.86. The van der Waals surface area contributed by atoms with E-state index in [0.29, 0.717) is 5.69 Å². The lowest BCUT2D eigenvalue weighted by Crippen LogP contribution is -2.05. The fraction of sp³-hybridized carbons (Fsp3) is 0.0588. The highest BCUT2D eigenvalue weighted by atomic mass is 32.1. The van der Waals surface area contributed by atoms with Crippen LogP contribution in [0.3, 0.4) is 0 Å². The first-order valence-electron chi connectivity index (χ1n) is 6.82. The van der Waals surface area contributed by atoms with Crippen molar-refractivity contribution in [2.45, 2.75) is 6.61 Å². The number of nitrogens with zero attached hydrogens (tertiary/aromatic N) is 1. The highest BCUT2D eigenvalue weighted by Gasteiger charge is 2.14. The van der Waals surface area contributed by atoms with Gasteiger partial charge in [-0.2, -0.15) is 0 Å². The van der Waals surface area contributed by atoms with Gasteiger partial charge >= 0.3 is 5.97 Å². The van der Waals surface area contributed by atoms with Crippen molar-refractivity contribution in [2.75, 3.05) is 0 Å². The van der Waals surface area contributed by atoms with Gasteiger partial charge in [0.1, 0.15) is 28.7 Å². The summed E-state index contributed by atoms with van der Waals surface area (Å²) >= 11 is 1.47. The first-order chi connectivity index (χ1) is 11.1. The molecule has 0 unspecified atom stereocenters. The van der Waals surface area contributed by atoms with Crippen molar-refractivity contribution in [3.8, 4) is 22.1 Å². The van der Waals surface area contributed by atoms with Gasteiger partial charge in [-0.15, -0.1) is 11.3 Å². The quantitative estimate of drug-likeness (QED) is 0.716. The highest BCUT2D eigenvalue weighted by molar-refractivity contribution is 7.13. The number of hydrogen-bond acceptors (Lipinski definition) is 6. The number of aromatic hydroxyl groups is 2. The van der Waals surface area contributed by atoms with E-state index in [1.165, 1.54) is 23.5 Å². The summed E-state index contributed by atoms with van der Waals surface area (Å²) in [7, 11) is 0. The van der Waals surface area contributed by atoms with Crippen molar-refractivity contribution in [3.05, 3.63) is 65.2 Å². The molecule has 116 valence electrons. The summed E-state index contributed by atoms with van der Waals surface area (Å²) in [6.45, 7) is 0.0164. The van der Waals surface area contributed by atoms with E-state index in [9.17, 15) is 15.0 Å². The van der Waals surface area contributed by atoms with Gasteiger partial charge in [0.25, 0.3) is 0 Å². The van der Waals surface area contributed by atoms with E-state index >= 15 is 0 Å². The van der Waals surface area contributed by atoms with E-state index in [1.54, 1.807) is 0 Å². The molecule has 0 saturated heterocycles. The Morgan fingerprint density at radius 3 is 2.65 bits per heavy atom. The zero-order valence-corrected chi connectivity index (χ0v) is 12.8. The van der Waals surface area contributed by atoms with Gasteiger partial charge in [-0.3, -0.25) is 0 Å². The van der Waals surface area contributed by atoms with Crippen LogP contribution in [-0.4, -0.2) is 21.2 Å². The number of carbonyl (C=O) groups excluding carboxylic acids is 1. The van der Waals surface area contributed by atoms with Crippen LogP contribution in [0.15, 0.2) is 53.9 Å². The molecule has 0 radical (unpaired) electrons. The smallest absolute Gasteiger partial charge is 0.342 e. The van der Waals surface area contributed by atoms with Crippen molar-refractivity contribution in [1.29, 1.82) is 0 Å². The number of ether oxygens (including phenoxy) is 1. The number of rotatable bonds is 4. The molecule has 6 heteroatoms. The van der Waals surface area contributed by atoms with E-state index in [1.807, 2.05) is 35.7 Å². The Morgan fingerprint density at radius 1 is 1.13 bits per heavy atom. The average molecular weight is 327 g/mol. The van der Waals surface area contributed by atoms with E-state index < -0.39 is 5.97 Å². The fourth-order valence-electron chi connectivity index (χ4n) is 2.00. The number of phenolic OH excluding ortho intramolecular Hbond substituents is 2. The maximum atomic E-state index is 11.9. The third-order valence-corrected chi connectivity index (χ3v) is 4.07. The topological polar surface area (TPSA) is 79.7 Å². The van der Waals surface area contributed by atoms with Gasteiger partial charge in [0.2, 0.25) is 0 Å². The monoisotopic (exact) mass is 327 g/mol. The third kappa shape index (κ3) is 3.49. The molecule has 5 nitrogen and oxygen atoms in total. The molecule has 23 heavy (non-hydrogen) atoms. The zero-order valence-electron chi connectivity index (χ0n) is 12.0. The van der Waals surface area contributed by atoms with E-state index in [-0.39, 0.29) is 23.7 Å². The van der Waals surface area contributed by atoms with Gasteiger partial charge in [0, 0.05) is 17.0 Å². The van der Waals surface area contributed by atoms with Crippen molar-refractivity contribution in [2.24, 2.45) is 0 Å². The first kappa shape index (κ1) is 15.1. The maximum Gasteiger partial charge on any atom is 0.342 e. The number of benzene rings is 2. The van der Waals surface area contributed by atoms with Crippen LogP contribution in [0.1, 0.15) is 16.1 Å². The Kier molecular flexibility index (Phi) is 4.25. The fourth-order valence-corrected chi connectivity index (χ4v) is 2.81. The van der Waals surface area contributed by atoms with Crippen molar-refractivity contribution in [3.63, 3.8) is 0 Å². The number of carbonyl (C=O) groups is 1. The van der Waals surface area contributed by atoms with Crippen LogP contribution in [0.25, 0.3) is 10.6 Å². The minimum atomic E-state index is -0.670. The molecule has 2 N–H and O–H groups in total. The van der Waals surface area contributed by atoms with Crippen LogP contribution in [-0.2, 0) is 11.3 Å². The first-order valence-corrected chi connectivity index (χ1v) is 7.70. The summed E-state index contributed by atoms with van der Waals surface area (Å²) in [4.78, 5) is 16.4. The molecule has 0 spiro atoms. The lowest BCUT2D eigenvalue weighted by molar-refractivity contribution is 0.0465. The van der Waals surface area contributed by atoms with Gasteiger partial charge in [0.05, 0.1) is 5.69 Å². The summed E-state index contributed by atoms with van der Waals surface area (Å²) in [5, 5.41) is 21.5. The normalized spacial score (nSPS) is 10.4. The minimum absolute atomic E-state index is 0.00122. The molecule has 1 aromatic heterocycles. The van der Waals surface area contributed by atoms with Crippen LogP contribution >= 0.6 is 11.3 Å². The molecule has 3 aromatic rings. The van der Waals surface area contributed by atoms with Gasteiger partial charge in [-0.1, -0.05) is 30.3 Å². The summed E-state index contributed by atoms with van der Waals surface area (Å²) in [5.41, 5.74) is 1.65. The molecule has 0 bridgehead atoms. The Morgan fingerprint density at radius 2 is 1.91 bits per heavy atom. The molecule has 0 aliphatic rings. The van der Waals surface area contributed by atoms with Crippen LogP contribution in [0, 0.1) is 0 Å². The van der Waals surface area contributed by atoms with Crippen LogP contribution in [0.5, 0.6) is 11.5 Å². The Balaban J connectivity index is 1.67. The summed E-state index contributed by atoms with van der Waals surface area (Å²) in [5.74, 6) is -1.11. The number of phenols is 2. The summed E-state index contributed by atoms with van der Waals surface area (Å²) in [6.07, 6.45) is 0. The summed E-state index contributed by atoms with van der Waals surface area (Å²) in [6, 6.07) is 13.4. The van der Waals surface area contributed by atoms with Gasteiger partial charge in [-0.05, 0) is 12.1 Å². The largest absolute Gasteiger partial charge is 0.508 e.